The Labute approximate surface area is 123 Å². The first-order valence-electron chi connectivity index (χ1n) is 6.88. The maximum atomic E-state index is 9.63. The molecular formula is C15H22BrNO2. The first-order chi connectivity index (χ1) is 9.08. The van der Waals surface area contributed by atoms with Crippen LogP contribution in [0.1, 0.15) is 37.9 Å². The number of aliphatic hydroxyl groups excluding tert-OH is 1. The van der Waals surface area contributed by atoms with E-state index in [9.17, 15) is 5.11 Å². The average Bonchev–Trinajstić information content (AvgIpc) is 2.39. The van der Waals surface area contributed by atoms with Gasteiger partial charge in [-0.3, -0.25) is 0 Å². The van der Waals surface area contributed by atoms with Crippen LogP contribution in [-0.4, -0.2) is 31.4 Å². The van der Waals surface area contributed by atoms with Crippen LogP contribution in [0.4, 0.5) is 5.69 Å². The monoisotopic (exact) mass is 327 g/mol. The molecule has 2 atom stereocenters. The first kappa shape index (κ1) is 14.8. The third-order valence-corrected chi connectivity index (χ3v) is 4.31. The fraction of sp³-hybridized carbons (Fsp3) is 0.600. The first-order valence-corrected chi connectivity index (χ1v) is 7.67. The molecule has 1 aromatic carbocycles. The molecule has 1 aromatic rings. The summed E-state index contributed by atoms with van der Waals surface area (Å²) in [5.41, 5.74) is 2.07. The van der Waals surface area contributed by atoms with Gasteiger partial charge >= 0.3 is 0 Å². The summed E-state index contributed by atoms with van der Waals surface area (Å²) in [4.78, 5) is 2.21. The maximum absolute atomic E-state index is 9.63. The van der Waals surface area contributed by atoms with Gasteiger partial charge in [0.15, 0.2) is 0 Å². The molecule has 0 aliphatic carbocycles. The number of hydrogen-bond donors (Lipinski definition) is 1. The average molecular weight is 328 g/mol. The summed E-state index contributed by atoms with van der Waals surface area (Å²) in [5.74, 6) is 0. The predicted molar refractivity (Wildman–Crippen MR) is 81.6 cm³/mol. The summed E-state index contributed by atoms with van der Waals surface area (Å²) in [6.07, 6.45) is 3.50. The van der Waals surface area contributed by atoms with E-state index in [1.807, 2.05) is 6.07 Å². The Balaban J connectivity index is 2.02. The van der Waals surface area contributed by atoms with Gasteiger partial charge in [-0.15, -0.1) is 0 Å². The van der Waals surface area contributed by atoms with E-state index in [1.165, 1.54) is 12.8 Å². The molecule has 1 N–H and O–H groups in total. The van der Waals surface area contributed by atoms with Gasteiger partial charge in [-0.25, -0.2) is 0 Å². The molecule has 1 aliphatic heterocycles. The highest BCUT2D eigenvalue weighted by Gasteiger charge is 2.17. The molecule has 0 radical (unpaired) electrons. The van der Waals surface area contributed by atoms with Crippen molar-refractivity contribution in [2.24, 2.45) is 0 Å². The van der Waals surface area contributed by atoms with Crippen molar-refractivity contribution < 1.29 is 9.84 Å². The zero-order valence-corrected chi connectivity index (χ0v) is 13.2. The van der Waals surface area contributed by atoms with Crippen molar-refractivity contribution in [2.75, 3.05) is 25.1 Å². The number of ether oxygens (including phenoxy) is 1. The lowest BCUT2D eigenvalue weighted by molar-refractivity contribution is 0.0216. The van der Waals surface area contributed by atoms with Crippen molar-refractivity contribution in [2.45, 2.75) is 38.4 Å². The molecule has 0 aromatic heterocycles. The Morgan fingerprint density at radius 1 is 1.47 bits per heavy atom. The number of nitrogens with zero attached hydrogens (tertiary/aromatic N) is 1. The van der Waals surface area contributed by atoms with Gasteiger partial charge in [0.1, 0.15) is 0 Å². The smallest absolute Gasteiger partial charge is 0.0772 e. The van der Waals surface area contributed by atoms with Gasteiger partial charge in [-0.2, -0.15) is 0 Å². The second-order valence-electron chi connectivity index (χ2n) is 5.25. The number of benzene rings is 1. The second kappa shape index (κ2) is 6.73. The van der Waals surface area contributed by atoms with E-state index in [4.69, 9.17) is 4.74 Å². The molecule has 0 saturated carbocycles. The zero-order valence-electron chi connectivity index (χ0n) is 11.6. The van der Waals surface area contributed by atoms with Gasteiger partial charge < -0.3 is 14.7 Å². The Morgan fingerprint density at radius 3 is 2.84 bits per heavy atom. The molecule has 19 heavy (non-hydrogen) atoms. The SMILES string of the molecule is CC(O)c1ccc(N(C)CC2CCCCO2)cc1Br. The Morgan fingerprint density at radius 2 is 2.26 bits per heavy atom. The molecule has 4 heteroatoms. The van der Waals surface area contributed by atoms with Crippen LogP contribution in [0.25, 0.3) is 0 Å². The van der Waals surface area contributed by atoms with Gasteiger partial charge in [0, 0.05) is 30.4 Å². The van der Waals surface area contributed by atoms with Crippen LogP contribution in [0.2, 0.25) is 0 Å². The molecule has 106 valence electrons. The minimum Gasteiger partial charge on any atom is -0.389 e. The molecule has 1 heterocycles. The quantitative estimate of drug-likeness (QED) is 0.918. The highest BCUT2D eigenvalue weighted by atomic mass is 79.9. The van der Waals surface area contributed by atoms with E-state index < -0.39 is 6.10 Å². The third-order valence-electron chi connectivity index (χ3n) is 3.63. The number of hydrogen-bond acceptors (Lipinski definition) is 3. The van der Waals surface area contributed by atoms with Crippen LogP contribution < -0.4 is 4.90 Å². The lowest BCUT2D eigenvalue weighted by atomic mass is 10.1. The normalized spacial score (nSPS) is 21.2. The highest BCUT2D eigenvalue weighted by molar-refractivity contribution is 9.10. The topological polar surface area (TPSA) is 32.7 Å². The highest BCUT2D eigenvalue weighted by Crippen LogP contribution is 2.28. The number of halogens is 1. The van der Waals surface area contributed by atoms with E-state index in [2.05, 4.69) is 40.0 Å². The van der Waals surface area contributed by atoms with Crippen LogP contribution in [0, 0.1) is 0 Å². The van der Waals surface area contributed by atoms with E-state index in [0.717, 1.165) is 35.3 Å². The molecule has 1 aliphatic rings. The van der Waals surface area contributed by atoms with Gasteiger partial charge in [-0.05, 0) is 43.9 Å². The van der Waals surface area contributed by atoms with Crippen LogP contribution >= 0.6 is 15.9 Å². The fourth-order valence-electron chi connectivity index (χ4n) is 2.45. The molecular weight excluding hydrogens is 306 g/mol. The summed E-state index contributed by atoms with van der Waals surface area (Å²) in [5, 5.41) is 9.63. The largest absolute Gasteiger partial charge is 0.389 e. The van der Waals surface area contributed by atoms with Crippen molar-refractivity contribution in [1.29, 1.82) is 0 Å². The van der Waals surface area contributed by atoms with Crippen molar-refractivity contribution in [3.63, 3.8) is 0 Å². The zero-order chi connectivity index (χ0) is 13.8. The number of anilines is 1. The van der Waals surface area contributed by atoms with E-state index in [0.29, 0.717) is 6.10 Å². The third kappa shape index (κ3) is 3.94. The molecule has 1 fully saturated rings. The summed E-state index contributed by atoms with van der Waals surface area (Å²) in [6, 6.07) is 6.09. The van der Waals surface area contributed by atoms with Gasteiger partial charge in [0.05, 0.1) is 12.2 Å². The molecule has 0 amide bonds. The summed E-state index contributed by atoms with van der Waals surface area (Å²) < 4.78 is 6.72. The molecule has 3 nitrogen and oxygen atoms in total. The van der Waals surface area contributed by atoms with Crippen molar-refractivity contribution >= 4 is 21.6 Å². The molecule has 0 bridgehead atoms. The Kier molecular flexibility index (Phi) is 5.25. The molecule has 2 unspecified atom stereocenters. The second-order valence-corrected chi connectivity index (χ2v) is 6.11. The number of rotatable bonds is 4. The van der Waals surface area contributed by atoms with Crippen molar-refractivity contribution in [3.8, 4) is 0 Å². The lowest BCUT2D eigenvalue weighted by Gasteiger charge is -2.29. The summed E-state index contributed by atoms with van der Waals surface area (Å²) in [6.45, 7) is 3.59. The van der Waals surface area contributed by atoms with Crippen LogP contribution in [0.3, 0.4) is 0 Å². The molecule has 1 saturated heterocycles. The Hall–Kier alpha value is -0.580. The molecule has 0 spiro atoms. The Bertz CT molecular complexity index is 417. The van der Waals surface area contributed by atoms with Gasteiger partial charge in [0.25, 0.3) is 0 Å². The van der Waals surface area contributed by atoms with Gasteiger partial charge in [0.2, 0.25) is 0 Å². The van der Waals surface area contributed by atoms with Crippen LogP contribution in [0.15, 0.2) is 22.7 Å². The van der Waals surface area contributed by atoms with Crippen LogP contribution in [-0.2, 0) is 4.74 Å². The summed E-state index contributed by atoms with van der Waals surface area (Å²) >= 11 is 3.52. The summed E-state index contributed by atoms with van der Waals surface area (Å²) in [7, 11) is 2.09. The molecule has 2 rings (SSSR count). The number of likely N-dealkylation sites (N-methyl/N-ethyl adjacent to an activating group) is 1. The standard InChI is InChI=1S/C15H22BrNO2/c1-11(18)14-7-6-12(9-15(14)16)17(2)10-13-5-3-4-8-19-13/h6-7,9,11,13,18H,3-5,8,10H2,1-2H3. The maximum Gasteiger partial charge on any atom is 0.0772 e. The van der Waals surface area contributed by atoms with E-state index in [1.54, 1.807) is 6.92 Å². The van der Waals surface area contributed by atoms with Crippen molar-refractivity contribution in [1.82, 2.24) is 0 Å². The van der Waals surface area contributed by atoms with E-state index >= 15 is 0 Å². The minimum absolute atomic E-state index is 0.342. The van der Waals surface area contributed by atoms with Gasteiger partial charge in [-0.1, -0.05) is 22.0 Å². The number of aliphatic hydroxyl groups is 1. The van der Waals surface area contributed by atoms with E-state index in [-0.39, 0.29) is 0 Å². The van der Waals surface area contributed by atoms with Crippen molar-refractivity contribution in [3.05, 3.63) is 28.2 Å². The van der Waals surface area contributed by atoms with Crippen LogP contribution in [0.5, 0.6) is 0 Å². The predicted octanol–water partition coefficient (Wildman–Crippen LogP) is 3.51. The lowest BCUT2D eigenvalue weighted by Crippen LogP contribution is -2.33. The minimum atomic E-state index is -0.449. The fourth-order valence-corrected chi connectivity index (χ4v) is 3.15.